The molecule has 0 fully saturated rings. The van der Waals surface area contributed by atoms with Crippen molar-refractivity contribution in [3.63, 3.8) is 0 Å². The quantitative estimate of drug-likeness (QED) is 0.905. The first-order chi connectivity index (χ1) is 9.34. The number of carbonyl (C=O) groups excluding carboxylic acids is 1. The summed E-state index contributed by atoms with van der Waals surface area (Å²) in [6, 6.07) is 4.73. The van der Waals surface area contributed by atoms with Crippen molar-refractivity contribution in [1.29, 1.82) is 0 Å². The van der Waals surface area contributed by atoms with Gasteiger partial charge in [0.2, 0.25) is 0 Å². The number of benzene rings is 1. The van der Waals surface area contributed by atoms with Crippen LogP contribution < -0.4 is 5.32 Å². The van der Waals surface area contributed by atoms with E-state index in [2.05, 4.69) is 5.32 Å². The highest BCUT2D eigenvalue weighted by atomic mass is 19.4. The molecule has 0 aliphatic rings. The highest BCUT2D eigenvalue weighted by Gasteiger charge is 2.30. The summed E-state index contributed by atoms with van der Waals surface area (Å²) in [6.07, 6.45) is -4.41. The molecule has 1 aromatic heterocycles. The molecule has 0 atom stereocenters. The number of aryl methyl sites for hydroxylation is 1. The molecule has 1 amide bonds. The van der Waals surface area contributed by atoms with Crippen molar-refractivity contribution in [3.05, 3.63) is 35.5 Å². The third-order valence-electron chi connectivity index (χ3n) is 3.00. The summed E-state index contributed by atoms with van der Waals surface area (Å²) in [5.74, 6) is -0.439. The Balaban J connectivity index is 2.44. The van der Waals surface area contributed by atoms with Crippen LogP contribution in [0.15, 0.2) is 24.3 Å². The van der Waals surface area contributed by atoms with Gasteiger partial charge in [-0.3, -0.25) is 4.79 Å². The Labute approximate surface area is 112 Å². The molecule has 0 saturated carbocycles. The average Bonchev–Trinajstić information content (AvgIpc) is 2.72. The van der Waals surface area contributed by atoms with E-state index in [1.54, 1.807) is 7.05 Å². The van der Waals surface area contributed by atoms with Crippen LogP contribution in [-0.4, -0.2) is 28.7 Å². The number of alkyl halides is 3. The van der Waals surface area contributed by atoms with Crippen LogP contribution in [0.4, 0.5) is 13.2 Å². The van der Waals surface area contributed by atoms with E-state index >= 15 is 0 Å². The number of aliphatic hydroxyl groups is 1. The highest BCUT2D eigenvalue weighted by Crippen LogP contribution is 2.32. The Hall–Kier alpha value is -2.02. The van der Waals surface area contributed by atoms with Crippen LogP contribution in [0.3, 0.4) is 0 Å². The van der Waals surface area contributed by atoms with Crippen LogP contribution in [-0.2, 0) is 13.2 Å². The molecule has 0 spiro atoms. The van der Waals surface area contributed by atoms with Crippen LogP contribution in [0, 0.1) is 0 Å². The van der Waals surface area contributed by atoms with E-state index in [-0.39, 0.29) is 18.8 Å². The first-order valence-corrected chi connectivity index (χ1v) is 5.90. The van der Waals surface area contributed by atoms with Crippen molar-refractivity contribution in [3.8, 4) is 0 Å². The van der Waals surface area contributed by atoms with Gasteiger partial charge in [0.15, 0.2) is 0 Å². The monoisotopic (exact) mass is 286 g/mol. The minimum absolute atomic E-state index is 0.0914. The molecule has 20 heavy (non-hydrogen) atoms. The zero-order valence-corrected chi connectivity index (χ0v) is 10.7. The van der Waals surface area contributed by atoms with Gasteiger partial charge >= 0.3 is 6.18 Å². The average molecular weight is 286 g/mol. The number of nitrogens with one attached hydrogen (secondary N) is 1. The number of hydrogen-bond acceptors (Lipinski definition) is 2. The number of halogens is 3. The van der Waals surface area contributed by atoms with Gasteiger partial charge in [-0.1, -0.05) is 0 Å². The van der Waals surface area contributed by atoms with Crippen LogP contribution >= 0.6 is 0 Å². The molecule has 2 N–H and O–H groups in total. The first-order valence-electron chi connectivity index (χ1n) is 5.90. The van der Waals surface area contributed by atoms with Gasteiger partial charge in [-0.2, -0.15) is 13.2 Å². The minimum Gasteiger partial charge on any atom is -0.395 e. The van der Waals surface area contributed by atoms with Crippen molar-refractivity contribution in [1.82, 2.24) is 9.88 Å². The molecule has 0 aliphatic heterocycles. The van der Waals surface area contributed by atoms with Crippen LogP contribution in [0.2, 0.25) is 0 Å². The molecule has 0 saturated heterocycles. The Kier molecular flexibility index (Phi) is 3.71. The normalized spacial score (nSPS) is 11.8. The molecule has 108 valence electrons. The summed E-state index contributed by atoms with van der Waals surface area (Å²) in [5.41, 5.74) is 0.0258. The molecule has 0 radical (unpaired) electrons. The summed E-state index contributed by atoms with van der Waals surface area (Å²) in [5, 5.41) is 11.5. The SMILES string of the molecule is Cn1c(C(=O)NCCO)cc2cc(C(F)(F)F)ccc21. The smallest absolute Gasteiger partial charge is 0.395 e. The number of aromatic nitrogens is 1. The fourth-order valence-electron chi connectivity index (χ4n) is 2.00. The van der Waals surface area contributed by atoms with E-state index in [1.807, 2.05) is 0 Å². The van der Waals surface area contributed by atoms with Gasteiger partial charge in [0, 0.05) is 24.5 Å². The third kappa shape index (κ3) is 2.62. The first kappa shape index (κ1) is 14.4. The zero-order valence-electron chi connectivity index (χ0n) is 10.7. The molecule has 1 heterocycles. The topological polar surface area (TPSA) is 54.3 Å². The predicted molar refractivity (Wildman–Crippen MR) is 67.3 cm³/mol. The lowest BCUT2D eigenvalue weighted by atomic mass is 10.1. The molecular weight excluding hydrogens is 273 g/mol. The number of fused-ring (bicyclic) bond motifs is 1. The standard InChI is InChI=1S/C13H13F3N2O2/c1-18-10-3-2-9(13(14,15)16)6-8(10)7-11(18)12(20)17-4-5-19/h2-3,6-7,19H,4-5H2,1H3,(H,17,20). The summed E-state index contributed by atoms with van der Waals surface area (Å²) in [7, 11) is 1.60. The number of carbonyl (C=O) groups is 1. The molecule has 0 aliphatic carbocycles. The minimum atomic E-state index is -4.41. The number of hydrogen-bond donors (Lipinski definition) is 2. The lowest BCUT2D eigenvalue weighted by Gasteiger charge is -2.07. The van der Waals surface area contributed by atoms with Crippen LogP contribution in [0.1, 0.15) is 16.1 Å². The Morgan fingerprint density at radius 1 is 1.35 bits per heavy atom. The fraction of sp³-hybridized carbons (Fsp3) is 0.308. The lowest BCUT2D eigenvalue weighted by Crippen LogP contribution is -2.27. The number of rotatable bonds is 3. The summed E-state index contributed by atoms with van der Waals surface area (Å²) in [4.78, 5) is 11.8. The molecule has 2 rings (SSSR count). The number of amides is 1. The zero-order chi connectivity index (χ0) is 14.9. The van der Waals surface area contributed by atoms with Crippen molar-refractivity contribution in [2.45, 2.75) is 6.18 Å². The van der Waals surface area contributed by atoms with Crippen LogP contribution in [0.5, 0.6) is 0 Å². The fourth-order valence-corrected chi connectivity index (χ4v) is 2.00. The van der Waals surface area contributed by atoms with Gasteiger partial charge in [-0.15, -0.1) is 0 Å². The van der Waals surface area contributed by atoms with Gasteiger partial charge in [0.05, 0.1) is 12.2 Å². The second-order valence-electron chi connectivity index (χ2n) is 4.34. The maximum absolute atomic E-state index is 12.6. The summed E-state index contributed by atoms with van der Waals surface area (Å²) in [6.45, 7) is -0.109. The Morgan fingerprint density at radius 2 is 2.05 bits per heavy atom. The van der Waals surface area contributed by atoms with E-state index in [9.17, 15) is 18.0 Å². The van der Waals surface area contributed by atoms with Gasteiger partial charge in [0.25, 0.3) is 5.91 Å². The van der Waals surface area contributed by atoms with Crippen molar-refractivity contribution in [2.75, 3.05) is 13.2 Å². The molecule has 0 bridgehead atoms. The second-order valence-corrected chi connectivity index (χ2v) is 4.34. The van der Waals surface area contributed by atoms with Gasteiger partial charge < -0.3 is 15.0 Å². The molecule has 7 heteroatoms. The maximum Gasteiger partial charge on any atom is 0.416 e. The second kappa shape index (κ2) is 5.16. The van der Waals surface area contributed by atoms with Crippen LogP contribution in [0.25, 0.3) is 10.9 Å². The lowest BCUT2D eigenvalue weighted by molar-refractivity contribution is -0.137. The molecule has 1 aromatic carbocycles. The van der Waals surface area contributed by atoms with Crippen molar-refractivity contribution >= 4 is 16.8 Å². The van der Waals surface area contributed by atoms with E-state index in [0.29, 0.717) is 10.9 Å². The molecule has 2 aromatic rings. The maximum atomic E-state index is 12.6. The predicted octanol–water partition coefficient (Wildman–Crippen LogP) is 1.92. The largest absolute Gasteiger partial charge is 0.416 e. The highest BCUT2D eigenvalue weighted by molar-refractivity contribution is 5.98. The summed E-state index contributed by atoms with van der Waals surface area (Å²) < 4.78 is 39.4. The Morgan fingerprint density at radius 3 is 2.65 bits per heavy atom. The van der Waals surface area contributed by atoms with Gasteiger partial charge in [-0.25, -0.2) is 0 Å². The van der Waals surface area contributed by atoms with Gasteiger partial charge in [0.1, 0.15) is 5.69 Å². The Bertz CT molecular complexity index is 647. The van der Waals surface area contributed by atoms with E-state index in [0.717, 1.165) is 12.1 Å². The molecular formula is C13H13F3N2O2. The number of nitrogens with zero attached hydrogens (tertiary/aromatic N) is 1. The molecule has 0 unspecified atom stereocenters. The van der Waals surface area contributed by atoms with E-state index < -0.39 is 17.6 Å². The van der Waals surface area contributed by atoms with Crippen molar-refractivity contribution in [2.24, 2.45) is 7.05 Å². The van der Waals surface area contributed by atoms with Gasteiger partial charge in [-0.05, 0) is 24.3 Å². The third-order valence-corrected chi connectivity index (χ3v) is 3.00. The van der Waals surface area contributed by atoms with E-state index in [1.165, 1.54) is 16.7 Å². The summed E-state index contributed by atoms with van der Waals surface area (Å²) >= 11 is 0. The number of aliphatic hydroxyl groups excluding tert-OH is 1. The molecule has 4 nitrogen and oxygen atoms in total. The van der Waals surface area contributed by atoms with Crippen molar-refractivity contribution < 1.29 is 23.1 Å². The van der Waals surface area contributed by atoms with E-state index in [4.69, 9.17) is 5.11 Å².